The van der Waals surface area contributed by atoms with Gasteiger partial charge in [0.1, 0.15) is 5.82 Å². The van der Waals surface area contributed by atoms with Crippen LogP contribution in [0.15, 0.2) is 18.5 Å². The summed E-state index contributed by atoms with van der Waals surface area (Å²) in [5.41, 5.74) is 2.63. The van der Waals surface area contributed by atoms with Gasteiger partial charge >= 0.3 is 5.97 Å². The quantitative estimate of drug-likeness (QED) is 0.778. The number of aromatic carboxylic acids is 1. The molecular formula is C19H21N5O2. The number of rotatable bonds is 3. The maximum Gasteiger partial charge on any atom is 0.336 e. The Morgan fingerprint density at radius 2 is 1.85 bits per heavy atom. The number of carboxylic acid groups (broad SMARTS) is 1. The van der Waals surface area contributed by atoms with Crippen molar-refractivity contribution < 1.29 is 9.90 Å². The van der Waals surface area contributed by atoms with Gasteiger partial charge in [0.2, 0.25) is 0 Å². The minimum Gasteiger partial charge on any atom is -0.478 e. The zero-order chi connectivity index (χ0) is 19.1. The van der Waals surface area contributed by atoms with Gasteiger partial charge in [-0.3, -0.25) is 4.68 Å². The van der Waals surface area contributed by atoms with Gasteiger partial charge in [-0.1, -0.05) is 20.8 Å². The van der Waals surface area contributed by atoms with Gasteiger partial charge in [0.25, 0.3) is 0 Å². The van der Waals surface area contributed by atoms with Crippen LogP contribution in [0.5, 0.6) is 0 Å². The molecule has 0 aliphatic carbocycles. The van der Waals surface area contributed by atoms with E-state index in [0.717, 1.165) is 11.4 Å². The molecule has 134 valence electrons. The average Bonchev–Trinajstić information content (AvgIpc) is 2.86. The molecule has 26 heavy (non-hydrogen) atoms. The molecule has 0 aromatic carbocycles. The molecule has 3 aromatic rings. The summed E-state index contributed by atoms with van der Waals surface area (Å²) < 4.78 is 1.59. The van der Waals surface area contributed by atoms with Crippen molar-refractivity contribution in [2.24, 2.45) is 7.05 Å². The molecule has 0 aliphatic heterocycles. The van der Waals surface area contributed by atoms with E-state index >= 15 is 0 Å². The van der Waals surface area contributed by atoms with Gasteiger partial charge in [-0.25, -0.2) is 19.7 Å². The fourth-order valence-corrected chi connectivity index (χ4v) is 2.71. The molecule has 0 radical (unpaired) electrons. The number of nitrogens with zero attached hydrogens (tertiary/aromatic N) is 5. The minimum absolute atomic E-state index is 0.109. The lowest BCUT2D eigenvalue weighted by Crippen LogP contribution is -2.15. The molecule has 3 aromatic heterocycles. The number of hydrogen-bond donors (Lipinski definition) is 1. The summed E-state index contributed by atoms with van der Waals surface area (Å²) in [7, 11) is 1.75. The molecule has 0 fully saturated rings. The van der Waals surface area contributed by atoms with Gasteiger partial charge in [-0.15, -0.1) is 0 Å². The zero-order valence-electron chi connectivity index (χ0n) is 15.5. The monoisotopic (exact) mass is 351 g/mol. The Kier molecular flexibility index (Phi) is 4.31. The van der Waals surface area contributed by atoms with Crippen LogP contribution < -0.4 is 0 Å². The van der Waals surface area contributed by atoms with E-state index in [1.165, 1.54) is 0 Å². The number of hydrogen-bond acceptors (Lipinski definition) is 5. The number of aryl methyl sites for hydroxylation is 2. The van der Waals surface area contributed by atoms with E-state index in [1.807, 2.05) is 6.08 Å². The van der Waals surface area contributed by atoms with Gasteiger partial charge in [-0.2, -0.15) is 5.10 Å². The molecule has 1 N–H and O–H groups in total. The summed E-state index contributed by atoms with van der Waals surface area (Å²) in [5.74, 6) is -0.228. The van der Waals surface area contributed by atoms with Crippen molar-refractivity contribution in [2.75, 3.05) is 0 Å². The van der Waals surface area contributed by atoms with Crippen molar-refractivity contribution in [1.29, 1.82) is 0 Å². The summed E-state index contributed by atoms with van der Waals surface area (Å²) in [6.45, 7) is 7.95. The molecule has 0 spiro atoms. The minimum atomic E-state index is -0.999. The van der Waals surface area contributed by atoms with Crippen molar-refractivity contribution in [2.45, 2.75) is 33.1 Å². The van der Waals surface area contributed by atoms with Gasteiger partial charge < -0.3 is 5.11 Å². The molecule has 0 atom stereocenters. The first-order valence-electron chi connectivity index (χ1n) is 8.25. The summed E-state index contributed by atoms with van der Waals surface area (Å²) in [6, 6.07) is 1.56. The van der Waals surface area contributed by atoms with Crippen molar-refractivity contribution >= 4 is 29.2 Å². The van der Waals surface area contributed by atoms with Crippen LogP contribution >= 0.6 is 0 Å². The molecule has 3 heterocycles. The summed E-state index contributed by atoms with van der Waals surface area (Å²) >= 11 is 0. The van der Waals surface area contributed by atoms with Crippen LogP contribution in [0.25, 0.3) is 23.2 Å². The SMILES string of the molecule is Cc1nn(C)c2nc(/C=C/c3cnc(C(C)(C)C)nc3)cc(C(=O)O)c12. The fraction of sp³-hybridized carbons (Fsp3) is 0.316. The third-order valence-corrected chi connectivity index (χ3v) is 4.01. The van der Waals surface area contributed by atoms with Crippen LogP contribution in [0.3, 0.4) is 0 Å². The van der Waals surface area contributed by atoms with E-state index in [4.69, 9.17) is 0 Å². The maximum atomic E-state index is 11.6. The Morgan fingerprint density at radius 1 is 1.19 bits per heavy atom. The van der Waals surface area contributed by atoms with Crippen molar-refractivity contribution in [3.8, 4) is 0 Å². The number of carbonyl (C=O) groups is 1. The van der Waals surface area contributed by atoms with E-state index in [0.29, 0.717) is 22.4 Å². The third-order valence-electron chi connectivity index (χ3n) is 4.01. The molecule has 7 nitrogen and oxygen atoms in total. The van der Waals surface area contributed by atoms with E-state index in [1.54, 1.807) is 43.2 Å². The van der Waals surface area contributed by atoms with Gasteiger partial charge in [0.05, 0.1) is 22.3 Å². The Hall–Kier alpha value is -3.09. The van der Waals surface area contributed by atoms with Gasteiger partial charge in [0.15, 0.2) is 5.65 Å². The third kappa shape index (κ3) is 3.33. The molecule has 0 saturated heterocycles. The van der Waals surface area contributed by atoms with E-state index in [-0.39, 0.29) is 11.0 Å². The van der Waals surface area contributed by atoms with Crippen LogP contribution in [0.4, 0.5) is 0 Å². The van der Waals surface area contributed by atoms with Crippen molar-refractivity contribution in [3.63, 3.8) is 0 Å². The van der Waals surface area contributed by atoms with Gasteiger partial charge in [0, 0.05) is 30.4 Å². The van der Waals surface area contributed by atoms with Gasteiger partial charge in [-0.05, 0) is 25.1 Å². The van der Waals surface area contributed by atoms with Crippen LogP contribution in [0.1, 0.15) is 53.9 Å². The molecule has 0 aliphatic rings. The summed E-state index contributed by atoms with van der Waals surface area (Å²) in [6.07, 6.45) is 7.06. The first-order valence-corrected chi connectivity index (χ1v) is 8.25. The topological polar surface area (TPSA) is 93.8 Å². The molecule has 0 saturated carbocycles. The van der Waals surface area contributed by atoms with Crippen molar-refractivity contribution in [3.05, 3.63) is 46.8 Å². The summed E-state index contributed by atoms with van der Waals surface area (Å²) in [5, 5.41) is 14.4. The fourth-order valence-electron chi connectivity index (χ4n) is 2.71. The highest BCUT2D eigenvalue weighted by Crippen LogP contribution is 2.23. The molecule has 0 unspecified atom stereocenters. The normalized spacial score (nSPS) is 12.2. The van der Waals surface area contributed by atoms with Crippen LogP contribution in [-0.2, 0) is 12.5 Å². The highest BCUT2D eigenvalue weighted by molar-refractivity contribution is 6.03. The Morgan fingerprint density at radius 3 is 2.42 bits per heavy atom. The molecule has 3 rings (SSSR count). The second-order valence-electron chi connectivity index (χ2n) is 7.23. The highest BCUT2D eigenvalue weighted by Gasteiger charge is 2.18. The lowest BCUT2D eigenvalue weighted by molar-refractivity contribution is 0.0699. The standard InChI is InChI=1S/C19H21N5O2/c1-11-15-14(17(25)26)8-13(22-16(15)24(5)23-11)7-6-12-9-20-18(21-10-12)19(2,3)4/h6-10H,1-5H3,(H,25,26)/b7-6+. The zero-order valence-corrected chi connectivity index (χ0v) is 15.5. The van der Waals surface area contributed by atoms with E-state index < -0.39 is 5.97 Å². The number of carboxylic acids is 1. The largest absolute Gasteiger partial charge is 0.478 e. The second-order valence-corrected chi connectivity index (χ2v) is 7.23. The Bertz CT molecular complexity index is 1010. The Balaban J connectivity index is 1.99. The lowest BCUT2D eigenvalue weighted by atomic mass is 9.96. The van der Waals surface area contributed by atoms with Crippen LogP contribution in [-0.4, -0.2) is 35.8 Å². The molecule has 7 heteroatoms. The molecular weight excluding hydrogens is 330 g/mol. The predicted molar refractivity (Wildman–Crippen MR) is 99.9 cm³/mol. The predicted octanol–water partition coefficient (Wildman–Crippen LogP) is 3.23. The Labute approximate surface area is 151 Å². The van der Waals surface area contributed by atoms with Crippen molar-refractivity contribution in [1.82, 2.24) is 24.7 Å². The molecule has 0 amide bonds. The smallest absolute Gasteiger partial charge is 0.336 e. The number of aromatic nitrogens is 5. The van der Waals surface area contributed by atoms with E-state index in [2.05, 4.69) is 40.8 Å². The number of fused-ring (bicyclic) bond motifs is 1. The molecule has 0 bridgehead atoms. The average molecular weight is 351 g/mol. The van der Waals surface area contributed by atoms with Crippen LogP contribution in [0.2, 0.25) is 0 Å². The highest BCUT2D eigenvalue weighted by atomic mass is 16.4. The maximum absolute atomic E-state index is 11.6. The van der Waals surface area contributed by atoms with Crippen LogP contribution in [0, 0.1) is 6.92 Å². The first kappa shape index (κ1) is 17.7. The second kappa shape index (κ2) is 6.33. The number of pyridine rings is 1. The lowest BCUT2D eigenvalue weighted by Gasteiger charge is -2.15. The first-order chi connectivity index (χ1) is 12.2. The van der Waals surface area contributed by atoms with E-state index in [9.17, 15) is 9.90 Å². The summed E-state index contributed by atoms with van der Waals surface area (Å²) in [4.78, 5) is 24.9.